The predicted octanol–water partition coefficient (Wildman–Crippen LogP) is 5.31. The summed E-state index contributed by atoms with van der Waals surface area (Å²) in [5, 5.41) is 0.597. The molecule has 0 saturated heterocycles. The predicted molar refractivity (Wildman–Crippen MR) is 103 cm³/mol. The third-order valence-electron chi connectivity index (χ3n) is 4.45. The molecule has 4 N–H and O–H groups in total. The number of benzene rings is 3. The molecule has 3 rings (SSSR count). The molecule has 0 spiro atoms. The Morgan fingerprint density at radius 1 is 0.786 bits per heavy atom. The van der Waals surface area contributed by atoms with Crippen molar-refractivity contribution >= 4 is 11.6 Å². The molecule has 0 aliphatic rings. The molecule has 146 valence electrons. The zero-order chi connectivity index (χ0) is 20.4. The van der Waals surface area contributed by atoms with Crippen molar-refractivity contribution in [3.63, 3.8) is 0 Å². The summed E-state index contributed by atoms with van der Waals surface area (Å²) in [6, 6.07) is 18.5. The van der Waals surface area contributed by atoms with Gasteiger partial charge >= 0.3 is 6.18 Å². The number of halogens is 4. The maximum absolute atomic E-state index is 13.1. The minimum atomic E-state index is -4.46. The number of alkyl halides is 3. The number of ether oxygens (including phenoxy) is 1. The Kier molecular flexibility index (Phi) is 5.65. The quantitative estimate of drug-likeness (QED) is 0.603. The van der Waals surface area contributed by atoms with Crippen LogP contribution in [0.2, 0.25) is 5.02 Å². The van der Waals surface area contributed by atoms with Gasteiger partial charge in [0.15, 0.2) is 0 Å². The number of hydrogen-bond donors (Lipinski definition) is 2. The van der Waals surface area contributed by atoms with Crippen LogP contribution in [0.5, 0.6) is 11.5 Å². The van der Waals surface area contributed by atoms with Gasteiger partial charge in [0.25, 0.3) is 0 Å². The normalized spacial score (nSPS) is 13.8. The lowest BCUT2D eigenvalue weighted by Gasteiger charge is -2.30. The third-order valence-corrected chi connectivity index (χ3v) is 4.70. The van der Waals surface area contributed by atoms with Crippen LogP contribution in [-0.2, 0) is 11.7 Å². The van der Waals surface area contributed by atoms with Gasteiger partial charge in [0.05, 0.1) is 11.1 Å². The van der Waals surface area contributed by atoms with Gasteiger partial charge in [-0.1, -0.05) is 35.9 Å². The first kappa shape index (κ1) is 20.2. The SMILES string of the molecule is NCC(N)(c1ccc(Oc2ccc(Cl)cc2)cc1)c1cccc(C(F)(F)F)c1. The second-order valence-electron chi connectivity index (χ2n) is 6.33. The van der Waals surface area contributed by atoms with Crippen LogP contribution in [0.15, 0.2) is 72.8 Å². The summed E-state index contributed by atoms with van der Waals surface area (Å²) >= 11 is 5.85. The van der Waals surface area contributed by atoms with E-state index in [0.717, 1.165) is 12.1 Å². The van der Waals surface area contributed by atoms with Crippen molar-refractivity contribution in [2.24, 2.45) is 11.5 Å². The zero-order valence-electron chi connectivity index (χ0n) is 14.7. The fourth-order valence-electron chi connectivity index (χ4n) is 2.83. The van der Waals surface area contributed by atoms with Crippen LogP contribution in [-0.4, -0.2) is 6.54 Å². The van der Waals surface area contributed by atoms with Gasteiger partial charge < -0.3 is 16.2 Å². The minimum absolute atomic E-state index is 0.0638. The topological polar surface area (TPSA) is 61.3 Å². The van der Waals surface area contributed by atoms with Crippen molar-refractivity contribution < 1.29 is 17.9 Å². The van der Waals surface area contributed by atoms with Crippen molar-refractivity contribution in [1.29, 1.82) is 0 Å². The highest BCUT2D eigenvalue weighted by atomic mass is 35.5. The molecule has 0 fully saturated rings. The molecule has 3 aromatic carbocycles. The van der Waals surface area contributed by atoms with Gasteiger partial charge in [0, 0.05) is 11.6 Å². The van der Waals surface area contributed by atoms with E-state index in [1.54, 1.807) is 54.6 Å². The summed E-state index contributed by atoms with van der Waals surface area (Å²) in [6.07, 6.45) is -4.46. The maximum atomic E-state index is 13.1. The van der Waals surface area contributed by atoms with Crippen molar-refractivity contribution in [3.05, 3.63) is 94.5 Å². The third kappa shape index (κ3) is 4.30. The molecule has 0 bridgehead atoms. The van der Waals surface area contributed by atoms with Gasteiger partial charge in [0.1, 0.15) is 11.5 Å². The van der Waals surface area contributed by atoms with E-state index >= 15 is 0 Å². The van der Waals surface area contributed by atoms with Crippen molar-refractivity contribution in [1.82, 2.24) is 0 Å². The molecular weight excluding hydrogens is 389 g/mol. The van der Waals surface area contributed by atoms with Gasteiger partial charge in [-0.3, -0.25) is 0 Å². The lowest BCUT2D eigenvalue weighted by atomic mass is 9.83. The van der Waals surface area contributed by atoms with E-state index in [0.29, 0.717) is 22.1 Å². The highest BCUT2D eigenvalue weighted by Gasteiger charge is 2.34. The Labute approximate surface area is 165 Å². The zero-order valence-corrected chi connectivity index (χ0v) is 15.5. The minimum Gasteiger partial charge on any atom is -0.457 e. The molecule has 0 aliphatic heterocycles. The van der Waals surface area contributed by atoms with Crippen molar-refractivity contribution in [2.45, 2.75) is 11.7 Å². The largest absolute Gasteiger partial charge is 0.457 e. The number of nitrogens with two attached hydrogens (primary N) is 2. The van der Waals surface area contributed by atoms with Gasteiger partial charge in [0.2, 0.25) is 0 Å². The molecule has 3 nitrogen and oxygen atoms in total. The number of hydrogen-bond acceptors (Lipinski definition) is 3. The van der Waals surface area contributed by atoms with Crippen LogP contribution >= 0.6 is 11.6 Å². The van der Waals surface area contributed by atoms with E-state index < -0.39 is 17.3 Å². The monoisotopic (exact) mass is 406 g/mol. The Balaban J connectivity index is 1.89. The molecule has 0 saturated carbocycles. The fraction of sp³-hybridized carbons (Fsp3) is 0.143. The molecule has 1 unspecified atom stereocenters. The van der Waals surface area contributed by atoms with Gasteiger partial charge in [-0.25, -0.2) is 0 Å². The summed E-state index contributed by atoms with van der Waals surface area (Å²) in [5.41, 5.74) is 11.1. The van der Waals surface area contributed by atoms with Crippen LogP contribution in [0.3, 0.4) is 0 Å². The standard InChI is InChI=1S/C21H18ClF3N2O/c22-17-6-10-19(11-7-17)28-18-8-4-14(5-9-18)20(27,13-26)15-2-1-3-16(12-15)21(23,24)25/h1-12H,13,26-27H2. The van der Waals surface area contributed by atoms with E-state index in [2.05, 4.69) is 0 Å². The van der Waals surface area contributed by atoms with Gasteiger partial charge in [-0.15, -0.1) is 0 Å². The first-order valence-electron chi connectivity index (χ1n) is 8.43. The molecular formula is C21H18ClF3N2O. The molecule has 28 heavy (non-hydrogen) atoms. The van der Waals surface area contributed by atoms with Crippen LogP contribution in [0.4, 0.5) is 13.2 Å². The van der Waals surface area contributed by atoms with E-state index in [1.165, 1.54) is 6.07 Å². The Bertz CT molecular complexity index is 943. The second kappa shape index (κ2) is 7.83. The molecule has 3 aromatic rings. The fourth-order valence-corrected chi connectivity index (χ4v) is 2.96. The van der Waals surface area contributed by atoms with E-state index in [1.807, 2.05) is 0 Å². The van der Waals surface area contributed by atoms with E-state index in [-0.39, 0.29) is 12.1 Å². The number of rotatable bonds is 5. The smallest absolute Gasteiger partial charge is 0.416 e. The summed E-state index contributed by atoms with van der Waals surface area (Å²) in [4.78, 5) is 0. The van der Waals surface area contributed by atoms with Crippen molar-refractivity contribution in [3.8, 4) is 11.5 Å². The molecule has 0 aliphatic carbocycles. The lowest BCUT2D eigenvalue weighted by molar-refractivity contribution is -0.137. The van der Waals surface area contributed by atoms with E-state index in [4.69, 9.17) is 27.8 Å². The first-order chi connectivity index (χ1) is 13.2. The average Bonchev–Trinajstić information content (AvgIpc) is 2.69. The highest BCUT2D eigenvalue weighted by Crippen LogP contribution is 2.34. The van der Waals surface area contributed by atoms with Gasteiger partial charge in [-0.05, 0) is 59.7 Å². The molecule has 0 aromatic heterocycles. The highest BCUT2D eigenvalue weighted by molar-refractivity contribution is 6.30. The summed E-state index contributed by atoms with van der Waals surface area (Å²) in [7, 11) is 0. The van der Waals surface area contributed by atoms with Crippen LogP contribution in [0.1, 0.15) is 16.7 Å². The first-order valence-corrected chi connectivity index (χ1v) is 8.81. The van der Waals surface area contributed by atoms with Gasteiger partial charge in [-0.2, -0.15) is 13.2 Å². The Morgan fingerprint density at radius 3 is 1.86 bits per heavy atom. The summed E-state index contributed by atoms with van der Waals surface area (Å²) in [5.74, 6) is 1.15. The molecule has 0 radical (unpaired) electrons. The van der Waals surface area contributed by atoms with Crippen LogP contribution in [0, 0.1) is 0 Å². The second-order valence-corrected chi connectivity index (χ2v) is 6.77. The van der Waals surface area contributed by atoms with Crippen molar-refractivity contribution in [2.75, 3.05) is 6.54 Å². The Morgan fingerprint density at radius 2 is 1.32 bits per heavy atom. The lowest BCUT2D eigenvalue weighted by Crippen LogP contribution is -2.45. The summed E-state index contributed by atoms with van der Waals surface area (Å²) < 4.78 is 44.9. The molecule has 1 atom stereocenters. The Hall–Kier alpha value is -2.54. The molecule has 0 heterocycles. The molecule has 7 heteroatoms. The maximum Gasteiger partial charge on any atom is 0.416 e. The van der Waals surface area contributed by atoms with Crippen LogP contribution in [0.25, 0.3) is 0 Å². The van der Waals surface area contributed by atoms with E-state index in [9.17, 15) is 13.2 Å². The molecule has 0 amide bonds. The average molecular weight is 407 g/mol. The van der Waals surface area contributed by atoms with Crippen LogP contribution < -0.4 is 16.2 Å². The summed E-state index contributed by atoms with van der Waals surface area (Å²) in [6.45, 7) is -0.0638.